The predicted molar refractivity (Wildman–Crippen MR) is 151 cm³/mol. The number of hydrogen-bond donors (Lipinski definition) is 3. The molecule has 1 aromatic heterocycles. The van der Waals surface area contributed by atoms with Gasteiger partial charge in [-0.25, -0.2) is 17.2 Å². The average Bonchev–Trinajstić information content (AvgIpc) is 3.68. The van der Waals surface area contributed by atoms with Crippen LogP contribution in [-0.4, -0.2) is 80.3 Å². The van der Waals surface area contributed by atoms with Crippen molar-refractivity contribution in [3.8, 4) is 0 Å². The lowest BCUT2D eigenvalue weighted by atomic mass is 10.1. The molecule has 0 bridgehead atoms. The van der Waals surface area contributed by atoms with E-state index in [1.54, 1.807) is 18.2 Å². The molecule has 2 fully saturated rings. The molecule has 43 heavy (non-hydrogen) atoms. The van der Waals surface area contributed by atoms with E-state index in [9.17, 15) is 26.8 Å². The second-order valence-corrected chi connectivity index (χ2v) is 12.4. The number of halogens is 2. The minimum atomic E-state index is -4.24. The summed E-state index contributed by atoms with van der Waals surface area (Å²) in [5.74, 6) is -2.82. The molecule has 1 atom stereocenters. The molecule has 2 amide bonds. The number of sulfonamides is 1. The first kappa shape index (κ1) is 29.2. The Bertz CT molecular complexity index is 1630. The normalized spacial score (nSPS) is 19.2. The second kappa shape index (κ2) is 12.0. The van der Waals surface area contributed by atoms with Crippen molar-refractivity contribution in [2.75, 3.05) is 55.0 Å². The summed E-state index contributed by atoms with van der Waals surface area (Å²) in [5, 5.41) is 12.6. The topological polar surface area (TPSA) is 146 Å². The van der Waals surface area contributed by atoms with Crippen LogP contribution in [0.15, 0.2) is 41.3 Å². The molecular weight excluding hydrogens is 586 g/mol. The van der Waals surface area contributed by atoms with Crippen LogP contribution in [0.1, 0.15) is 34.5 Å². The van der Waals surface area contributed by atoms with Crippen LogP contribution in [0.25, 0.3) is 0 Å². The van der Waals surface area contributed by atoms with Crippen molar-refractivity contribution in [3.63, 3.8) is 0 Å². The van der Waals surface area contributed by atoms with Crippen molar-refractivity contribution in [1.82, 2.24) is 14.5 Å². The van der Waals surface area contributed by atoms with Gasteiger partial charge in [-0.2, -0.15) is 9.40 Å². The number of fused-ring (bicyclic) bond motifs is 1. The Labute approximate surface area is 246 Å². The third kappa shape index (κ3) is 6.11. The molecule has 228 valence electrons. The third-order valence-corrected chi connectivity index (χ3v) is 9.53. The lowest BCUT2D eigenvalue weighted by Crippen LogP contribution is -2.36. The van der Waals surface area contributed by atoms with Crippen LogP contribution in [0.3, 0.4) is 0 Å². The maximum atomic E-state index is 13.8. The third-order valence-electron chi connectivity index (χ3n) is 7.71. The molecule has 3 aliphatic rings. The van der Waals surface area contributed by atoms with E-state index in [-0.39, 0.29) is 36.8 Å². The number of anilines is 3. The predicted octanol–water partition coefficient (Wildman–Crippen LogP) is 2.64. The number of H-pyrrole nitrogens is 1. The molecule has 0 aliphatic carbocycles. The summed E-state index contributed by atoms with van der Waals surface area (Å²) in [6, 6.07) is 7.26. The smallest absolute Gasteiger partial charge is 0.258 e. The van der Waals surface area contributed by atoms with Crippen molar-refractivity contribution in [2.45, 2.75) is 36.8 Å². The number of nitrogens with one attached hydrogen (secondary N) is 3. The Hall–Kier alpha value is -3.92. The van der Waals surface area contributed by atoms with Crippen LogP contribution in [-0.2, 0) is 37.3 Å². The quantitative estimate of drug-likeness (QED) is 0.367. The zero-order valence-electron chi connectivity index (χ0n) is 23.1. The first-order valence-electron chi connectivity index (χ1n) is 13.9. The molecule has 0 radical (unpaired) electrons. The Balaban J connectivity index is 1.25. The highest BCUT2D eigenvalue weighted by atomic mass is 32.2. The van der Waals surface area contributed by atoms with E-state index < -0.39 is 38.6 Å². The Morgan fingerprint density at radius 3 is 2.49 bits per heavy atom. The molecule has 3 aromatic rings. The van der Waals surface area contributed by atoms with Crippen LogP contribution in [0.5, 0.6) is 0 Å². The molecule has 6 rings (SSSR count). The van der Waals surface area contributed by atoms with Gasteiger partial charge in [0.25, 0.3) is 11.8 Å². The fourth-order valence-electron chi connectivity index (χ4n) is 5.43. The average molecular weight is 617 g/mol. The molecule has 0 unspecified atom stereocenters. The maximum absolute atomic E-state index is 13.8. The number of ether oxygens (including phenoxy) is 2. The van der Waals surface area contributed by atoms with E-state index in [1.807, 2.05) is 0 Å². The van der Waals surface area contributed by atoms with Gasteiger partial charge in [-0.15, -0.1) is 0 Å². The van der Waals surface area contributed by atoms with E-state index in [2.05, 4.69) is 25.7 Å². The summed E-state index contributed by atoms with van der Waals surface area (Å²) in [6.45, 7) is 2.80. The van der Waals surface area contributed by atoms with Crippen LogP contribution >= 0.6 is 0 Å². The van der Waals surface area contributed by atoms with Crippen molar-refractivity contribution in [3.05, 3.63) is 64.9 Å². The van der Waals surface area contributed by atoms with Crippen molar-refractivity contribution in [2.24, 2.45) is 0 Å². The molecule has 12 nitrogen and oxygen atoms in total. The minimum Gasteiger partial charge on any atom is -0.378 e. The van der Waals surface area contributed by atoms with Crippen LogP contribution < -0.4 is 15.5 Å². The van der Waals surface area contributed by atoms with Gasteiger partial charge in [0.1, 0.15) is 17.7 Å². The van der Waals surface area contributed by atoms with E-state index >= 15 is 0 Å². The zero-order chi connectivity index (χ0) is 30.1. The number of amides is 2. The number of benzene rings is 2. The summed E-state index contributed by atoms with van der Waals surface area (Å²) in [6.07, 6.45) is 0.981. The SMILES string of the molecule is O=C(Nc1n[nH]c2c1CN(S(=O)(=O)c1cc(F)cc(F)c1)CC2)c1ccc(N2CCOCC2)cc1NC(=O)[C@@H]1CCCO1. The maximum Gasteiger partial charge on any atom is 0.258 e. The van der Waals surface area contributed by atoms with Gasteiger partial charge in [0, 0.05) is 62.2 Å². The molecule has 15 heteroatoms. The molecule has 2 aromatic carbocycles. The second-order valence-electron chi connectivity index (χ2n) is 10.5. The fourth-order valence-corrected chi connectivity index (χ4v) is 6.88. The standard InChI is InChI=1S/C28H30F2N6O6S/c29-17-12-18(30)14-20(13-17)43(39,40)36-6-5-23-22(16-36)26(34-33-23)32-27(37)21-4-3-19(35-7-10-41-11-8-35)15-24(21)31-28(38)25-2-1-9-42-25/h3-4,12-15,25H,1-2,5-11,16H2,(H,31,38)(H2,32,33,34,37)/t25-/m0/s1. The number of carbonyl (C=O) groups excluding carboxylic acids is 2. The zero-order valence-corrected chi connectivity index (χ0v) is 23.9. The molecule has 0 spiro atoms. The lowest BCUT2D eigenvalue weighted by molar-refractivity contribution is -0.124. The van der Waals surface area contributed by atoms with Gasteiger partial charge in [-0.05, 0) is 43.2 Å². The molecule has 2 saturated heterocycles. The Morgan fingerprint density at radius 2 is 1.77 bits per heavy atom. The number of hydrogen-bond acceptors (Lipinski definition) is 8. The van der Waals surface area contributed by atoms with E-state index in [1.165, 1.54) is 0 Å². The summed E-state index contributed by atoms with van der Waals surface area (Å²) < 4.78 is 66.0. The van der Waals surface area contributed by atoms with Crippen LogP contribution in [0.2, 0.25) is 0 Å². The molecular formula is C28H30F2N6O6S. The van der Waals surface area contributed by atoms with Gasteiger partial charge in [0.05, 0.1) is 29.4 Å². The lowest BCUT2D eigenvalue weighted by Gasteiger charge is -2.29. The Morgan fingerprint density at radius 1 is 1.00 bits per heavy atom. The monoisotopic (exact) mass is 616 g/mol. The molecule has 4 heterocycles. The largest absolute Gasteiger partial charge is 0.378 e. The van der Waals surface area contributed by atoms with Crippen LogP contribution in [0.4, 0.5) is 26.0 Å². The van der Waals surface area contributed by atoms with Gasteiger partial charge in [-0.1, -0.05) is 0 Å². The first-order chi connectivity index (χ1) is 20.7. The number of rotatable bonds is 7. The van der Waals surface area contributed by atoms with Gasteiger partial charge in [0.2, 0.25) is 10.0 Å². The summed E-state index contributed by atoms with van der Waals surface area (Å²) in [4.78, 5) is 28.1. The number of aromatic nitrogens is 2. The van der Waals surface area contributed by atoms with E-state index in [4.69, 9.17) is 9.47 Å². The Kier molecular flexibility index (Phi) is 8.13. The summed E-state index contributed by atoms with van der Waals surface area (Å²) >= 11 is 0. The molecule has 3 aliphatic heterocycles. The fraction of sp³-hybridized carbons (Fsp3) is 0.393. The molecule has 3 N–H and O–H groups in total. The summed E-state index contributed by atoms with van der Waals surface area (Å²) in [5.41, 5.74) is 2.34. The van der Waals surface area contributed by atoms with E-state index in [0.717, 1.165) is 28.5 Å². The summed E-state index contributed by atoms with van der Waals surface area (Å²) in [7, 11) is -4.24. The molecule has 0 saturated carbocycles. The number of morpholine rings is 1. The number of aromatic amines is 1. The highest BCUT2D eigenvalue weighted by Gasteiger charge is 2.33. The minimum absolute atomic E-state index is 0.0471. The van der Waals surface area contributed by atoms with Crippen molar-refractivity contribution < 1.29 is 36.3 Å². The van der Waals surface area contributed by atoms with Crippen molar-refractivity contribution in [1.29, 1.82) is 0 Å². The van der Waals surface area contributed by atoms with Gasteiger partial charge < -0.3 is 25.0 Å². The number of nitrogens with zero attached hydrogens (tertiary/aromatic N) is 3. The first-order valence-corrected chi connectivity index (χ1v) is 15.4. The highest BCUT2D eigenvalue weighted by molar-refractivity contribution is 7.89. The van der Waals surface area contributed by atoms with Crippen LogP contribution in [0, 0.1) is 11.6 Å². The van der Waals surface area contributed by atoms with E-state index in [0.29, 0.717) is 62.3 Å². The van der Waals surface area contributed by atoms with Gasteiger partial charge >= 0.3 is 0 Å². The highest BCUT2D eigenvalue weighted by Crippen LogP contribution is 2.31. The number of carbonyl (C=O) groups is 2. The van der Waals surface area contributed by atoms with Crippen molar-refractivity contribution >= 4 is 39.0 Å². The van der Waals surface area contributed by atoms with Gasteiger partial charge in [0.15, 0.2) is 5.82 Å². The van der Waals surface area contributed by atoms with Gasteiger partial charge in [-0.3, -0.25) is 14.7 Å².